The van der Waals surface area contributed by atoms with E-state index < -0.39 is 0 Å². The molecule has 0 aromatic rings. The highest BCUT2D eigenvalue weighted by Crippen LogP contribution is 1.70. The van der Waals surface area contributed by atoms with E-state index in [-0.39, 0.29) is 12.5 Å². The Morgan fingerprint density at radius 2 is 2.50 bits per heavy atom. The summed E-state index contributed by atoms with van der Waals surface area (Å²) in [5.74, 6) is -0.188. The predicted octanol–water partition coefficient (Wildman–Crippen LogP) is -0.0693. The Balaban J connectivity index is 2.99. The number of hydrogen-bond acceptors (Lipinski definition) is 2. The number of nitrogens with one attached hydrogen (secondary N) is 1. The van der Waals surface area contributed by atoms with Crippen LogP contribution in [0.1, 0.15) is 6.92 Å². The Morgan fingerprint density at radius 3 is 2.88 bits per heavy atom. The van der Waals surface area contributed by atoms with Crippen LogP contribution in [0.25, 0.3) is 0 Å². The molecule has 0 saturated heterocycles. The molecule has 0 unspecified atom stereocenters. The van der Waals surface area contributed by atoms with Crippen LogP contribution < -0.4 is 5.32 Å². The minimum Gasteiger partial charge on any atom is -0.372 e. The van der Waals surface area contributed by atoms with Crippen LogP contribution in [-0.2, 0) is 9.53 Å². The van der Waals surface area contributed by atoms with Crippen LogP contribution in [0.5, 0.6) is 0 Å². The molecule has 0 fully saturated rings. The molecule has 1 radical (unpaired) electrons. The van der Waals surface area contributed by atoms with Crippen molar-refractivity contribution >= 4 is 5.91 Å². The third-order valence-electron chi connectivity index (χ3n) is 0.634. The van der Waals surface area contributed by atoms with Crippen molar-refractivity contribution in [2.45, 2.75) is 6.92 Å². The quantitative estimate of drug-likeness (QED) is 0.560. The SMILES string of the molecule is [CH2]NC(=O)COCC. The van der Waals surface area contributed by atoms with E-state index in [2.05, 4.69) is 12.4 Å². The minimum atomic E-state index is -0.188. The summed E-state index contributed by atoms with van der Waals surface area (Å²) in [6.07, 6.45) is 0. The summed E-state index contributed by atoms with van der Waals surface area (Å²) in [5, 5.41) is 2.19. The molecule has 0 saturated carbocycles. The Bertz CT molecular complexity index is 72.8. The van der Waals surface area contributed by atoms with Gasteiger partial charge in [-0.2, -0.15) is 0 Å². The van der Waals surface area contributed by atoms with Crippen LogP contribution in [0.15, 0.2) is 0 Å². The summed E-state index contributed by atoms with van der Waals surface area (Å²) in [5.41, 5.74) is 0. The second-order valence-corrected chi connectivity index (χ2v) is 1.24. The van der Waals surface area contributed by atoms with Gasteiger partial charge >= 0.3 is 0 Å². The van der Waals surface area contributed by atoms with Gasteiger partial charge in [0.1, 0.15) is 6.61 Å². The number of rotatable bonds is 3. The second-order valence-electron chi connectivity index (χ2n) is 1.24. The van der Waals surface area contributed by atoms with Gasteiger partial charge in [-0.05, 0) is 6.92 Å². The molecular formula is C5H10NO2. The van der Waals surface area contributed by atoms with Crippen molar-refractivity contribution in [2.75, 3.05) is 13.2 Å². The van der Waals surface area contributed by atoms with Crippen molar-refractivity contribution in [1.29, 1.82) is 0 Å². The maximum atomic E-state index is 10.3. The van der Waals surface area contributed by atoms with E-state index in [1.807, 2.05) is 6.92 Å². The summed E-state index contributed by atoms with van der Waals surface area (Å²) in [7, 11) is 3.16. The zero-order valence-corrected chi connectivity index (χ0v) is 4.94. The van der Waals surface area contributed by atoms with Gasteiger partial charge in [0, 0.05) is 13.7 Å². The van der Waals surface area contributed by atoms with E-state index >= 15 is 0 Å². The minimum absolute atomic E-state index is 0.111. The zero-order valence-electron chi connectivity index (χ0n) is 4.94. The average molecular weight is 116 g/mol. The van der Waals surface area contributed by atoms with Crippen molar-refractivity contribution in [3.05, 3.63) is 7.05 Å². The number of carbonyl (C=O) groups is 1. The third-order valence-corrected chi connectivity index (χ3v) is 0.634. The zero-order chi connectivity index (χ0) is 6.41. The first kappa shape index (κ1) is 7.43. The summed E-state index contributed by atoms with van der Waals surface area (Å²) in [6.45, 7) is 2.50. The fourth-order valence-corrected chi connectivity index (χ4v) is 0.246. The first-order valence-corrected chi connectivity index (χ1v) is 2.45. The van der Waals surface area contributed by atoms with Crippen molar-refractivity contribution in [1.82, 2.24) is 5.32 Å². The summed E-state index contributed by atoms with van der Waals surface area (Å²) in [6, 6.07) is 0. The molecule has 0 aliphatic carbocycles. The molecule has 8 heavy (non-hydrogen) atoms. The van der Waals surface area contributed by atoms with Gasteiger partial charge in [0.25, 0.3) is 0 Å². The molecule has 1 N–H and O–H groups in total. The first-order valence-electron chi connectivity index (χ1n) is 2.45. The molecule has 47 valence electrons. The molecule has 3 heteroatoms. The highest BCUT2D eigenvalue weighted by molar-refractivity contribution is 5.77. The molecule has 1 amide bonds. The Morgan fingerprint density at radius 1 is 1.88 bits per heavy atom. The number of carbonyl (C=O) groups excluding carboxylic acids is 1. The lowest BCUT2D eigenvalue weighted by Gasteiger charge is -1.96. The number of amides is 1. The Labute approximate surface area is 49.0 Å². The maximum Gasteiger partial charge on any atom is 0.246 e. The predicted molar refractivity (Wildman–Crippen MR) is 30.0 cm³/mol. The van der Waals surface area contributed by atoms with Crippen LogP contribution in [0.4, 0.5) is 0 Å². The van der Waals surface area contributed by atoms with E-state index in [9.17, 15) is 4.79 Å². The highest BCUT2D eigenvalue weighted by atomic mass is 16.5. The summed E-state index contributed by atoms with van der Waals surface area (Å²) < 4.78 is 4.73. The van der Waals surface area contributed by atoms with Gasteiger partial charge in [-0.15, -0.1) is 0 Å². The molecule has 0 bridgehead atoms. The molecule has 0 aliphatic heterocycles. The van der Waals surface area contributed by atoms with Gasteiger partial charge in [0.05, 0.1) is 0 Å². The topological polar surface area (TPSA) is 38.3 Å². The maximum absolute atomic E-state index is 10.3. The molecule has 0 heterocycles. The van der Waals surface area contributed by atoms with Gasteiger partial charge in [-0.25, -0.2) is 0 Å². The molecule has 0 spiro atoms. The molecule has 0 aromatic carbocycles. The first-order chi connectivity index (χ1) is 3.81. The fourth-order valence-electron chi connectivity index (χ4n) is 0.246. The van der Waals surface area contributed by atoms with E-state index in [4.69, 9.17) is 4.74 Å². The van der Waals surface area contributed by atoms with Crippen molar-refractivity contribution in [3.63, 3.8) is 0 Å². The van der Waals surface area contributed by atoms with E-state index in [1.165, 1.54) is 0 Å². The molecule has 3 nitrogen and oxygen atoms in total. The fraction of sp³-hybridized carbons (Fsp3) is 0.600. The number of hydrogen-bond donors (Lipinski definition) is 1. The van der Waals surface area contributed by atoms with Gasteiger partial charge in [-0.3, -0.25) is 4.79 Å². The van der Waals surface area contributed by atoms with Crippen LogP contribution in [0, 0.1) is 7.05 Å². The van der Waals surface area contributed by atoms with Crippen molar-refractivity contribution < 1.29 is 9.53 Å². The molecule has 0 aromatic heterocycles. The molecule has 0 aliphatic rings. The summed E-state index contributed by atoms with van der Waals surface area (Å²) in [4.78, 5) is 10.3. The average Bonchev–Trinajstić information content (AvgIpc) is 1.83. The lowest BCUT2D eigenvalue weighted by Crippen LogP contribution is -2.21. The van der Waals surface area contributed by atoms with Crippen molar-refractivity contribution in [2.24, 2.45) is 0 Å². The summed E-state index contributed by atoms with van der Waals surface area (Å²) >= 11 is 0. The standard InChI is InChI=1S/C5H10NO2/c1-3-8-4-5(7)6-2/h2-4H2,1H3,(H,6,7). The van der Waals surface area contributed by atoms with Gasteiger partial charge in [0.15, 0.2) is 0 Å². The van der Waals surface area contributed by atoms with Crippen LogP contribution >= 0.6 is 0 Å². The lowest BCUT2D eigenvalue weighted by molar-refractivity contribution is -0.124. The highest BCUT2D eigenvalue weighted by Gasteiger charge is 1.92. The van der Waals surface area contributed by atoms with E-state index in [0.717, 1.165) is 0 Å². The third kappa shape index (κ3) is 3.61. The molecule has 0 atom stereocenters. The Kier molecular flexibility index (Phi) is 4.26. The number of ether oxygens (including phenoxy) is 1. The van der Waals surface area contributed by atoms with E-state index in [0.29, 0.717) is 6.61 Å². The van der Waals surface area contributed by atoms with Gasteiger partial charge in [-0.1, -0.05) is 0 Å². The molecular weight excluding hydrogens is 106 g/mol. The van der Waals surface area contributed by atoms with E-state index in [1.54, 1.807) is 0 Å². The van der Waals surface area contributed by atoms with Crippen LogP contribution in [0.2, 0.25) is 0 Å². The second kappa shape index (κ2) is 4.59. The normalized spacial score (nSPS) is 8.75. The van der Waals surface area contributed by atoms with Gasteiger partial charge < -0.3 is 10.1 Å². The van der Waals surface area contributed by atoms with Crippen LogP contribution in [-0.4, -0.2) is 19.1 Å². The van der Waals surface area contributed by atoms with Gasteiger partial charge in [0.2, 0.25) is 5.91 Å². The lowest BCUT2D eigenvalue weighted by atomic mass is 10.6. The monoisotopic (exact) mass is 116 g/mol. The van der Waals surface area contributed by atoms with Crippen LogP contribution in [0.3, 0.4) is 0 Å². The largest absolute Gasteiger partial charge is 0.372 e. The Hall–Kier alpha value is -0.570. The molecule has 0 rings (SSSR count). The smallest absolute Gasteiger partial charge is 0.246 e. The van der Waals surface area contributed by atoms with Crippen molar-refractivity contribution in [3.8, 4) is 0 Å².